The molecule has 4 aromatic rings. The number of hydrogen-bond donors (Lipinski definition) is 6. The number of nitrogens with one attached hydrogen (secondary N) is 3. The molecule has 1 fully saturated rings. The minimum atomic E-state index is -1.40. The van der Waals surface area contributed by atoms with Gasteiger partial charge in [-0.3, -0.25) is 28.8 Å². The fourth-order valence-electron chi connectivity index (χ4n) is 8.22. The number of benzene rings is 4. The van der Waals surface area contributed by atoms with Crippen molar-refractivity contribution in [2.45, 2.75) is 88.5 Å². The Morgan fingerprint density at radius 1 is 0.652 bits per heavy atom. The standard InChI is InChI=1S/C50H60N6O13/c1-27-45(60)52-28(2)48(63)54(4)36(21-30-9-15-34(66-7)16-10-30)47(62)53-29(3)49(64)56(6)38-22-31-11-17-35(18-12-31)68-42-24-32(23-37(46(61)51-27)55(5)50(38)65)13-20-40(42)69-43(26-57)44(59)33-14-19-39(58)41(25-33)67-8/h9-20,24-25,27-29,36-38,43-44,57-59H,21-23,26H2,1-8H3,(H,51,61)(H,52,60)(H,53,62)/t27-,28+,29+,36+,37+,38+,43+,44-/m1/s1. The van der Waals surface area contributed by atoms with E-state index in [1.165, 1.54) is 95.1 Å². The van der Waals surface area contributed by atoms with E-state index in [0.717, 1.165) is 0 Å². The zero-order valence-electron chi connectivity index (χ0n) is 39.8. The van der Waals surface area contributed by atoms with Crippen molar-refractivity contribution in [1.82, 2.24) is 30.7 Å². The molecule has 19 heteroatoms. The molecule has 0 unspecified atom stereocenters. The highest BCUT2D eigenvalue weighted by atomic mass is 16.5. The van der Waals surface area contributed by atoms with Gasteiger partial charge in [0.25, 0.3) is 0 Å². The molecule has 6 amide bonds. The second kappa shape index (κ2) is 22.2. The third-order valence-corrected chi connectivity index (χ3v) is 12.5. The fraction of sp³-hybridized carbons (Fsp3) is 0.400. The maximum atomic E-state index is 14.9. The van der Waals surface area contributed by atoms with E-state index in [0.29, 0.717) is 28.2 Å². The smallest absolute Gasteiger partial charge is 0.246 e. The molecule has 1 saturated heterocycles. The Bertz CT molecular complexity index is 2520. The van der Waals surface area contributed by atoms with Gasteiger partial charge in [0.05, 0.1) is 20.8 Å². The molecule has 6 N–H and O–H groups in total. The zero-order valence-corrected chi connectivity index (χ0v) is 39.8. The highest BCUT2D eigenvalue weighted by Gasteiger charge is 2.39. The maximum absolute atomic E-state index is 14.9. The highest BCUT2D eigenvalue weighted by molar-refractivity contribution is 5.98. The third-order valence-electron chi connectivity index (χ3n) is 12.5. The van der Waals surface area contributed by atoms with Crippen LogP contribution in [0.15, 0.2) is 84.9 Å². The van der Waals surface area contributed by atoms with Gasteiger partial charge in [-0.2, -0.15) is 0 Å². The van der Waals surface area contributed by atoms with Crippen molar-refractivity contribution in [3.05, 3.63) is 107 Å². The number of aromatic hydroxyl groups is 1. The van der Waals surface area contributed by atoms with E-state index in [-0.39, 0.29) is 47.8 Å². The van der Waals surface area contributed by atoms with Crippen molar-refractivity contribution < 1.29 is 63.0 Å². The van der Waals surface area contributed by atoms with Crippen LogP contribution >= 0.6 is 0 Å². The number of hydrogen-bond acceptors (Lipinski definition) is 13. The molecule has 7 rings (SSSR count). The van der Waals surface area contributed by atoms with E-state index >= 15 is 0 Å². The Hall–Kier alpha value is -7.38. The average Bonchev–Trinajstić information content (AvgIpc) is 3.34. The van der Waals surface area contributed by atoms with Gasteiger partial charge in [0.1, 0.15) is 53.9 Å². The summed E-state index contributed by atoms with van der Waals surface area (Å²) in [5, 5.41) is 39.9. The van der Waals surface area contributed by atoms with E-state index < -0.39 is 90.5 Å². The van der Waals surface area contributed by atoms with Crippen LogP contribution in [0.2, 0.25) is 0 Å². The maximum Gasteiger partial charge on any atom is 0.246 e. The molecule has 19 nitrogen and oxygen atoms in total. The van der Waals surface area contributed by atoms with Crippen molar-refractivity contribution in [3.8, 4) is 34.5 Å². The summed E-state index contributed by atoms with van der Waals surface area (Å²) in [6.07, 6.45) is -2.79. The summed E-state index contributed by atoms with van der Waals surface area (Å²) in [5.41, 5.74) is 2.02. The number of likely N-dealkylation sites (N-methyl/N-ethyl adjacent to an activating group) is 3. The summed E-state index contributed by atoms with van der Waals surface area (Å²) in [5.74, 6) is -2.86. The second-order valence-electron chi connectivity index (χ2n) is 17.3. The van der Waals surface area contributed by atoms with Crippen LogP contribution in [0.4, 0.5) is 0 Å². The number of rotatable bonds is 9. The fourth-order valence-corrected chi connectivity index (χ4v) is 8.22. The molecular weight excluding hydrogens is 893 g/mol. The number of phenolic OH excluding ortho intramolecular Hbond substituents is 1. The summed E-state index contributed by atoms with van der Waals surface area (Å²) in [6.45, 7) is 3.71. The van der Waals surface area contributed by atoms with E-state index in [1.807, 2.05) is 0 Å². The average molecular weight is 953 g/mol. The van der Waals surface area contributed by atoms with Gasteiger partial charge in [0, 0.05) is 40.4 Å². The van der Waals surface area contributed by atoms with Gasteiger partial charge in [-0.25, -0.2) is 0 Å². The van der Waals surface area contributed by atoms with Crippen LogP contribution in [0.25, 0.3) is 0 Å². The normalized spacial score (nSPS) is 22.8. The number of nitrogens with zero attached hydrogens (tertiary/aromatic N) is 3. The van der Waals surface area contributed by atoms with Gasteiger partial charge in [-0.05, 0) is 91.6 Å². The van der Waals surface area contributed by atoms with Crippen molar-refractivity contribution in [3.63, 3.8) is 0 Å². The predicted molar refractivity (Wildman–Crippen MR) is 251 cm³/mol. The Morgan fingerprint density at radius 3 is 1.88 bits per heavy atom. The van der Waals surface area contributed by atoms with E-state index in [1.54, 1.807) is 60.7 Å². The molecule has 0 aromatic heterocycles. The minimum Gasteiger partial charge on any atom is -0.504 e. The molecule has 0 aliphatic carbocycles. The minimum absolute atomic E-state index is 0.0352. The lowest BCUT2D eigenvalue weighted by Gasteiger charge is -2.36. The van der Waals surface area contributed by atoms with Crippen LogP contribution < -0.4 is 34.9 Å². The van der Waals surface area contributed by atoms with Gasteiger partial charge in [-0.15, -0.1) is 0 Å². The molecular formula is C50H60N6O13. The van der Waals surface area contributed by atoms with Gasteiger partial charge in [0.2, 0.25) is 35.4 Å². The topological polar surface area (TPSA) is 246 Å². The molecule has 0 saturated carbocycles. The molecule has 368 valence electrons. The Balaban J connectivity index is 1.38. The SMILES string of the molecule is COc1ccc(C[C@H]2C(=O)N[C@@H](C)C(=O)N(C)[C@H]3Cc4ccc(cc4)Oc4cc(ccc4O[C@@H](CO)[C@H](O)c4ccc(O)c(OC)c4)C[C@@H](C(=O)N[C@H](C)C(=O)N[C@@H](C)C(=O)N2C)N(C)C3=O)cc1. The first-order valence-electron chi connectivity index (χ1n) is 22.4. The molecule has 0 radical (unpaired) electrons. The monoisotopic (exact) mass is 952 g/mol. The van der Waals surface area contributed by atoms with Gasteiger partial charge < -0.3 is 64.9 Å². The summed E-state index contributed by atoms with van der Waals surface area (Å²) >= 11 is 0. The summed E-state index contributed by atoms with van der Waals surface area (Å²) < 4.78 is 23.0. The van der Waals surface area contributed by atoms with E-state index in [2.05, 4.69) is 16.0 Å². The summed E-state index contributed by atoms with van der Waals surface area (Å²) in [7, 11) is 7.16. The molecule has 3 heterocycles. The van der Waals surface area contributed by atoms with Crippen LogP contribution in [-0.2, 0) is 48.0 Å². The van der Waals surface area contributed by atoms with Gasteiger partial charge in [0.15, 0.2) is 29.1 Å². The first-order chi connectivity index (χ1) is 32.8. The molecule has 4 aromatic carbocycles. The molecule has 3 aliphatic heterocycles. The number of methoxy groups -OCH3 is 2. The van der Waals surface area contributed by atoms with Crippen LogP contribution in [0.5, 0.6) is 34.5 Å². The second-order valence-corrected chi connectivity index (χ2v) is 17.3. The van der Waals surface area contributed by atoms with Gasteiger partial charge >= 0.3 is 0 Å². The largest absolute Gasteiger partial charge is 0.504 e. The van der Waals surface area contributed by atoms with Crippen molar-refractivity contribution in [1.29, 1.82) is 0 Å². The lowest BCUT2D eigenvalue weighted by molar-refractivity contribution is -0.149. The number of aliphatic hydroxyl groups excluding tert-OH is 2. The molecule has 3 aliphatic rings. The first kappa shape index (κ1) is 51.0. The highest BCUT2D eigenvalue weighted by Crippen LogP contribution is 2.37. The number of phenols is 1. The predicted octanol–water partition coefficient (Wildman–Crippen LogP) is 2.03. The van der Waals surface area contributed by atoms with E-state index in [4.69, 9.17) is 18.9 Å². The van der Waals surface area contributed by atoms with Crippen LogP contribution in [0.3, 0.4) is 0 Å². The molecule has 69 heavy (non-hydrogen) atoms. The zero-order chi connectivity index (χ0) is 50.3. The first-order valence-corrected chi connectivity index (χ1v) is 22.4. The van der Waals surface area contributed by atoms with Crippen molar-refractivity contribution in [2.75, 3.05) is 42.0 Å². The van der Waals surface area contributed by atoms with Crippen molar-refractivity contribution >= 4 is 35.4 Å². The van der Waals surface area contributed by atoms with Crippen LogP contribution in [-0.4, -0.2) is 150 Å². The summed E-state index contributed by atoms with van der Waals surface area (Å²) in [6, 6.07) is 15.3. The third kappa shape index (κ3) is 11.8. The quantitative estimate of drug-likeness (QED) is 0.141. The molecule has 6 bridgehead atoms. The van der Waals surface area contributed by atoms with Crippen LogP contribution in [0.1, 0.15) is 49.1 Å². The lowest BCUT2D eigenvalue weighted by atomic mass is 9.98. The summed E-state index contributed by atoms with van der Waals surface area (Å²) in [4.78, 5) is 89.3. The number of aliphatic hydroxyl groups is 2. The van der Waals surface area contributed by atoms with Gasteiger partial charge in [-0.1, -0.05) is 36.4 Å². The number of fused-ring (bicyclic) bond motifs is 2. The number of carbonyl (C=O) groups excluding carboxylic acids is 6. The number of ether oxygens (including phenoxy) is 4. The number of carbonyl (C=O) groups is 6. The Kier molecular flexibility index (Phi) is 16.4. The van der Waals surface area contributed by atoms with Crippen molar-refractivity contribution in [2.24, 2.45) is 0 Å². The Labute approximate surface area is 400 Å². The molecule has 8 atom stereocenters. The molecule has 0 spiro atoms. The van der Waals surface area contributed by atoms with E-state index in [9.17, 15) is 44.1 Å². The Morgan fingerprint density at radius 2 is 1.25 bits per heavy atom. The number of amides is 6. The van der Waals surface area contributed by atoms with Crippen LogP contribution in [0, 0.1) is 0 Å². The lowest BCUT2D eigenvalue weighted by Crippen LogP contribution is -2.61.